The van der Waals surface area contributed by atoms with Gasteiger partial charge in [-0.05, 0) is 122 Å². The Morgan fingerprint density at radius 1 is 0.280 bits per heavy atom. The van der Waals surface area contributed by atoms with Crippen LogP contribution in [-0.2, 0) is 28.6 Å². The van der Waals surface area contributed by atoms with Crippen molar-refractivity contribution < 1.29 is 28.6 Å². The van der Waals surface area contributed by atoms with Crippen molar-refractivity contribution in [2.45, 2.75) is 309 Å². The molecule has 0 aliphatic carbocycles. The van der Waals surface area contributed by atoms with Crippen LogP contribution in [0.3, 0.4) is 0 Å². The van der Waals surface area contributed by atoms with Crippen molar-refractivity contribution in [3.05, 3.63) is 97.2 Å². The zero-order chi connectivity index (χ0) is 54.3. The molecule has 0 aromatic carbocycles. The number of hydrogen-bond acceptors (Lipinski definition) is 6. The molecule has 1 atom stereocenters. The lowest BCUT2D eigenvalue weighted by Crippen LogP contribution is -2.30. The second-order valence-corrected chi connectivity index (χ2v) is 20.9. The highest BCUT2D eigenvalue weighted by atomic mass is 16.6. The Kier molecular flexibility index (Phi) is 59.8. The van der Waals surface area contributed by atoms with Crippen LogP contribution in [0.1, 0.15) is 303 Å². The summed E-state index contributed by atoms with van der Waals surface area (Å²) >= 11 is 0. The summed E-state index contributed by atoms with van der Waals surface area (Å²) < 4.78 is 16.9. The van der Waals surface area contributed by atoms with E-state index >= 15 is 0 Å². The summed E-state index contributed by atoms with van der Waals surface area (Å²) in [5.41, 5.74) is 0. The van der Waals surface area contributed by atoms with E-state index in [-0.39, 0.29) is 31.1 Å². The average Bonchev–Trinajstić information content (AvgIpc) is 3.41. The molecule has 0 unspecified atom stereocenters. The van der Waals surface area contributed by atoms with E-state index in [9.17, 15) is 14.4 Å². The number of hydrogen-bond donors (Lipinski definition) is 0. The predicted molar refractivity (Wildman–Crippen MR) is 325 cm³/mol. The molecule has 0 rings (SSSR count). The lowest BCUT2D eigenvalue weighted by atomic mass is 10.0. The summed E-state index contributed by atoms with van der Waals surface area (Å²) in [7, 11) is 0. The van der Waals surface area contributed by atoms with Crippen molar-refractivity contribution in [1.29, 1.82) is 0 Å². The fourth-order valence-corrected chi connectivity index (χ4v) is 8.79. The third-order valence-corrected chi connectivity index (χ3v) is 13.5. The summed E-state index contributed by atoms with van der Waals surface area (Å²) in [6.07, 6.45) is 84.0. The van der Waals surface area contributed by atoms with E-state index in [1.54, 1.807) is 0 Å². The quantitative estimate of drug-likeness (QED) is 0.0261. The minimum atomic E-state index is -0.797. The van der Waals surface area contributed by atoms with Gasteiger partial charge in [-0.2, -0.15) is 0 Å². The maximum Gasteiger partial charge on any atom is 0.306 e. The molecule has 0 aliphatic heterocycles. The van der Waals surface area contributed by atoms with Crippen LogP contribution in [0, 0.1) is 0 Å². The fraction of sp³-hybridized carbons (Fsp3) is 0.725. The summed E-state index contributed by atoms with van der Waals surface area (Å²) in [4.78, 5) is 38.3. The first-order valence-corrected chi connectivity index (χ1v) is 31.7. The van der Waals surface area contributed by atoms with Crippen LogP contribution in [-0.4, -0.2) is 37.2 Å². The highest BCUT2D eigenvalue weighted by Gasteiger charge is 2.19. The molecule has 0 N–H and O–H groups in total. The smallest absolute Gasteiger partial charge is 0.306 e. The second-order valence-electron chi connectivity index (χ2n) is 20.9. The Bertz CT molecular complexity index is 1480. The molecule has 0 bridgehead atoms. The van der Waals surface area contributed by atoms with Crippen LogP contribution in [0.4, 0.5) is 0 Å². The molecule has 0 saturated carbocycles. The van der Waals surface area contributed by atoms with Gasteiger partial charge in [0.1, 0.15) is 13.2 Å². The van der Waals surface area contributed by atoms with Gasteiger partial charge in [0.25, 0.3) is 0 Å². The van der Waals surface area contributed by atoms with Crippen molar-refractivity contribution in [2.75, 3.05) is 13.2 Å². The van der Waals surface area contributed by atoms with Crippen molar-refractivity contribution in [3.8, 4) is 0 Å². The minimum Gasteiger partial charge on any atom is -0.462 e. The first-order valence-electron chi connectivity index (χ1n) is 31.7. The Labute approximate surface area is 464 Å². The van der Waals surface area contributed by atoms with Gasteiger partial charge in [0.15, 0.2) is 6.10 Å². The summed E-state index contributed by atoms with van der Waals surface area (Å²) in [6, 6.07) is 0. The molecule has 6 nitrogen and oxygen atoms in total. The van der Waals surface area contributed by atoms with Gasteiger partial charge in [-0.25, -0.2) is 0 Å². The number of esters is 3. The topological polar surface area (TPSA) is 78.9 Å². The minimum absolute atomic E-state index is 0.0921. The van der Waals surface area contributed by atoms with E-state index in [1.807, 2.05) is 0 Å². The van der Waals surface area contributed by atoms with Gasteiger partial charge in [0, 0.05) is 19.3 Å². The van der Waals surface area contributed by atoms with E-state index in [4.69, 9.17) is 14.2 Å². The number of carbonyl (C=O) groups excluding carboxylic acids is 3. The summed E-state index contributed by atoms with van der Waals surface area (Å²) in [6.45, 7) is 6.49. The highest BCUT2D eigenvalue weighted by Crippen LogP contribution is 2.16. The molecule has 6 heteroatoms. The molecule has 75 heavy (non-hydrogen) atoms. The van der Waals surface area contributed by atoms with Gasteiger partial charge < -0.3 is 14.2 Å². The Hall–Kier alpha value is -3.67. The largest absolute Gasteiger partial charge is 0.462 e. The van der Waals surface area contributed by atoms with E-state index in [1.165, 1.54) is 154 Å². The zero-order valence-electron chi connectivity index (χ0n) is 49.3. The number of allylic oxidation sites excluding steroid dienone is 16. The number of rotatable bonds is 57. The molecule has 0 heterocycles. The molecular weight excluding hydrogens is 925 g/mol. The Balaban J connectivity index is 4.44. The number of carbonyl (C=O) groups is 3. The van der Waals surface area contributed by atoms with E-state index in [0.29, 0.717) is 19.3 Å². The van der Waals surface area contributed by atoms with Crippen LogP contribution >= 0.6 is 0 Å². The number of unbranched alkanes of at least 4 members (excludes halogenated alkanes) is 30. The normalized spacial score (nSPS) is 12.7. The van der Waals surface area contributed by atoms with Crippen LogP contribution in [0.25, 0.3) is 0 Å². The third-order valence-electron chi connectivity index (χ3n) is 13.5. The average molecular weight is 1040 g/mol. The first kappa shape index (κ1) is 71.3. The van der Waals surface area contributed by atoms with Crippen molar-refractivity contribution in [1.82, 2.24) is 0 Å². The molecule has 0 radical (unpaired) electrons. The first-order chi connectivity index (χ1) is 37.0. The molecule has 0 aromatic heterocycles. The van der Waals surface area contributed by atoms with Crippen LogP contribution < -0.4 is 0 Å². The van der Waals surface area contributed by atoms with Crippen molar-refractivity contribution >= 4 is 17.9 Å². The molecule has 0 amide bonds. The van der Waals surface area contributed by atoms with Gasteiger partial charge in [-0.15, -0.1) is 0 Å². The SMILES string of the molecule is CC/C=C\C/C=C\C/C=C\C/C=C\C/C=C\CCCCCC(=O)OC[C@H](COC(=O)CCCCCCCCC/C=C\C/C=C\CCCCC)OC(=O)CCCCCCCCCCCCC/C=C\CCCCCCCC. The Morgan fingerprint density at radius 2 is 0.520 bits per heavy atom. The summed E-state index contributed by atoms with van der Waals surface area (Å²) in [5.74, 6) is -0.924. The highest BCUT2D eigenvalue weighted by molar-refractivity contribution is 5.71. The van der Waals surface area contributed by atoms with Crippen LogP contribution in [0.15, 0.2) is 97.2 Å². The monoisotopic (exact) mass is 1040 g/mol. The summed E-state index contributed by atoms with van der Waals surface area (Å²) in [5, 5.41) is 0. The third kappa shape index (κ3) is 61.1. The van der Waals surface area contributed by atoms with E-state index < -0.39 is 6.10 Å². The zero-order valence-corrected chi connectivity index (χ0v) is 49.3. The van der Waals surface area contributed by atoms with E-state index in [2.05, 4.69) is 118 Å². The van der Waals surface area contributed by atoms with Gasteiger partial charge in [0.05, 0.1) is 0 Å². The van der Waals surface area contributed by atoms with Crippen LogP contribution in [0.2, 0.25) is 0 Å². The fourth-order valence-electron chi connectivity index (χ4n) is 8.79. The van der Waals surface area contributed by atoms with Crippen LogP contribution in [0.5, 0.6) is 0 Å². The second kappa shape index (κ2) is 62.9. The molecule has 430 valence electrons. The lowest BCUT2D eigenvalue weighted by molar-refractivity contribution is -0.167. The molecule has 0 spiro atoms. The maximum absolute atomic E-state index is 12.9. The van der Waals surface area contributed by atoms with Gasteiger partial charge in [-0.3, -0.25) is 14.4 Å². The van der Waals surface area contributed by atoms with Gasteiger partial charge in [0.2, 0.25) is 0 Å². The van der Waals surface area contributed by atoms with Gasteiger partial charge in [-0.1, -0.05) is 259 Å². The standard InChI is InChI=1S/C69H118O6/c1-4-7-10-13-16-19-22-25-28-31-33-34-36-39-42-45-48-51-54-57-60-63-69(72)75-66(64-73-67(70)61-58-55-52-49-46-43-40-37-30-27-24-21-18-15-12-9-6-3)65-74-68(71)62-59-56-53-50-47-44-41-38-35-32-29-26-23-20-17-14-11-8-5-2/h8,11,17-18,20-21,25-30,35,38,44,47,66H,4-7,9-10,12-16,19,22-24,31-34,36-37,39-43,45-46,48-65H2,1-3H3/b11-8-,20-17-,21-18-,28-25-,29-26-,30-27-,38-35-,47-44-/t66-/m0/s1. The Morgan fingerprint density at radius 3 is 0.867 bits per heavy atom. The van der Waals surface area contributed by atoms with Crippen molar-refractivity contribution in [3.63, 3.8) is 0 Å². The molecule has 0 aromatic rings. The van der Waals surface area contributed by atoms with Gasteiger partial charge >= 0.3 is 17.9 Å². The molecule has 0 saturated heterocycles. The lowest BCUT2D eigenvalue weighted by Gasteiger charge is -2.18. The molecule has 0 aliphatic rings. The number of ether oxygens (including phenoxy) is 3. The molecular formula is C69H118O6. The van der Waals surface area contributed by atoms with Crippen molar-refractivity contribution in [2.24, 2.45) is 0 Å². The van der Waals surface area contributed by atoms with E-state index in [0.717, 1.165) is 109 Å². The molecule has 0 fully saturated rings. The predicted octanol–water partition coefficient (Wildman–Crippen LogP) is 21.7. The maximum atomic E-state index is 12.9.